The van der Waals surface area contributed by atoms with Gasteiger partial charge in [0, 0.05) is 24.3 Å². The molecule has 2 N–H and O–H groups in total. The number of rotatable bonds is 4. The number of anilines is 2. The van der Waals surface area contributed by atoms with E-state index >= 15 is 0 Å². The first kappa shape index (κ1) is 12.4. The van der Waals surface area contributed by atoms with Crippen molar-refractivity contribution >= 4 is 28.2 Å². The van der Waals surface area contributed by atoms with Crippen LogP contribution < -0.4 is 10.6 Å². The number of halogens is 1. The molecule has 2 aromatic heterocycles. The van der Waals surface area contributed by atoms with Gasteiger partial charge in [0.15, 0.2) is 16.8 Å². The molecule has 0 fully saturated rings. The Morgan fingerprint density at radius 1 is 1.44 bits per heavy atom. The summed E-state index contributed by atoms with van der Waals surface area (Å²) in [5.41, 5.74) is -0.0591. The molecular weight excluding hydrogens is 255 g/mol. The van der Waals surface area contributed by atoms with E-state index in [4.69, 9.17) is 0 Å². The van der Waals surface area contributed by atoms with E-state index in [0.29, 0.717) is 11.7 Å². The van der Waals surface area contributed by atoms with Crippen molar-refractivity contribution in [3.8, 4) is 0 Å². The Balaban J connectivity index is 2.22. The summed E-state index contributed by atoms with van der Waals surface area (Å²) in [5, 5.41) is 7.43. The lowest BCUT2D eigenvalue weighted by Gasteiger charge is -2.07. The van der Waals surface area contributed by atoms with E-state index in [2.05, 4.69) is 20.6 Å². The maximum absolute atomic E-state index is 13.9. The molecule has 0 saturated heterocycles. The van der Waals surface area contributed by atoms with E-state index in [1.54, 1.807) is 11.6 Å². The average molecular weight is 266 g/mol. The minimum atomic E-state index is -0.659. The summed E-state index contributed by atoms with van der Waals surface area (Å²) in [7, 11) is 0. The first-order chi connectivity index (χ1) is 8.72. The molecule has 0 atom stereocenters. The fourth-order valence-electron chi connectivity index (χ4n) is 1.36. The SMILES string of the molecule is CCNc1nccc(C(=O)Nc2nccs2)c1F. The smallest absolute Gasteiger partial charge is 0.260 e. The third kappa shape index (κ3) is 2.62. The average Bonchev–Trinajstić information content (AvgIpc) is 2.85. The van der Waals surface area contributed by atoms with Gasteiger partial charge in [-0.1, -0.05) is 0 Å². The Morgan fingerprint density at radius 3 is 2.94 bits per heavy atom. The monoisotopic (exact) mass is 266 g/mol. The van der Waals surface area contributed by atoms with Gasteiger partial charge in [0.25, 0.3) is 5.91 Å². The molecule has 1 amide bonds. The van der Waals surface area contributed by atoms with Gasteiger partial charge in [0.2, 0.25) is 0 Å². The van der Waals surface area contributed by atoms with Crippen molar-refractivity contribution in [2.45, 2.75) is 6.92 Å². The molecule has 2 rings (SSSR count). The normalized spacial score (nSPS) is 10.1. The van der Waals surface area contributed by atoms with Gasteiger partial charge in [-0.15, -0.1) is 11.3 Å². The first-order valence-corrected chi connectivity index (χ1v) is 6.19. The van der Waals surface area contributed by atoms with E-state index < -0.39 is 11.7 Å². The summed E-state index contributed by atoms with van der Waals surface area (Å²) < 4.78 is 13.9. The maximum Gasteiger partial charge on any atom is 0.260 e. The van der Waals surface area contributed by atoms with Crippen molar-refractivity contribution in [2.24, 2.45) is 0 Å². The van der Waals surface area contributed by atoms with Crippen molar-refractivity contribution in [1.29, 1.82) is 0 Å². The number of hydrogen-bond acceptors (Lipinski definition) is 5. The van der Waals surface area contributed by atoms with Crippen LogP contribution in [0.3, 0.4) is 0 Å². The molecule has 0 aliphatic heterocycles. The fourth-order valence-corrected chi connectivity index (χ4v) is 1.88. The number of pyridine rings is 1. The molecule has 7 heteroatoms. The highest BCUT2D eigenvalue weighted by Gasteiger charge is 2.16. The van der Waals surface area contributed by atoms with Crippen LogP contribution >= 0.6 is 11.3 Å². The van der Waals surface area contributed by atoms with E-state index in [0.717, 1.165) is 0 Å². The van der Waals surface area contributed by atoms with Gasteiger partial charge in [0.05, 0.1) is 5.56 Å². The third-order valence-electron chi connectivity index (χ3n) is 2.13. The van der Waals surface area contributed by atoms with Crippen LogP contribution in [0.15, 0.2) is 23.8 Å². The van der Waals surface area contributed by atoms with Crippen LogP contribution in [0.4, 0.5) is 15.3 Å². The largest absolute Gasteiger partial charge is 0.368 e. The number of nitrogens with zero attached hydrogens (tertiary/aromatic N) is 2. The Bertz CT molecular complexity index is 544. The molecule has 18 heavy (non-hydrogen) atoms. The van der Waals surface area contributed by atoms with Gasteiger partial charge in [0.1, 0.15) is 0 Å². The van der Waals surface area contributed by atoms with Crippen LogP contribution in [0.5, 0.6) is 0 Å². The molecule has 0 bridgehead atoms. The zero-order chi connectivity index (χ0) is 13.0. The lowest BCUT2D eigenvalue weighted by atomic mass is 10.2. The molecule has 2 aromatic rings. The summed E-state index contributed by atoms with van der Waals surface area (Å²) >= 11 is 1.27. The molecule has 0 spiro atoms. The molecule has 0 unspecified atom stereocenters. The molecule has 2 heterocycles. The Labute approximate surface area is 107 Å². The second-order valence-corrected chi connectivity index (χ2v) is 4.24. The van der Waals surface area contributed by atoms with Gasteiger partial charge in [-0.3, -0.25) is 10.1 Å². The third-order valence-corrected chi connectivity index (χ3v) is 2.82. The Kier molecular flexibility index (Phi) is 3.83. The highest BCUT2D eigenvalue weighted by atomic mass is 32.1. The van der Waals surface area contributed by atoms with Gasteiger partial charge >= 0.3 is 0 Å². The number of thiazole rings is 1. The number of carbonyl (C=O) groups excluding carboxylic acids is 1. The van der Waals surface area contributed by atoms with Crippen molar-refractivity contribution in [2.75, 3.05) is 17.2 Å². The summed E-state index contributed by atoms with van der Waals surface area (Å²) in [6, 6.07) is 1.33. The van der Waals surface area contributed by atoms with Gasteiger partial charge in [-0.25, -0.2) is 14.4 Å². The summed E-state index contributed by atoms with van der Waals surface area (Å²) in [6.07, 6.45) is 2.95. The summed E-state index contributed by atoms with van der Waals surface area (Å²) in [4.78, 5) is 19.6. The van der Waals surface area contributed by atoms with Crippen LogP contribution in [0.2, 0.25) is 0 Å². The zero-order valence-corrected chi connectivity index (χ0v) is 10.4. The van der Waals surface area contributed by atoms with E-state index in [1.807, 2.05) is 6.92 Å². The first-order valence-electron chi connectivity index (χ1n) is 5.31. The van der Waals surface area contributed by atoms with Crippen LogP contribution in [-0.4, -0.2) is 22.4 Å². The molecule has 0 radical (unpaired) electrons. The minimum Gasteiger partial charge on any atom is -0.368 e. The van der Waals surface area contributed by atoms with Crippen molar-refractivity contribution in [3.05, 3.63) is 35.2 Å². The molecule has 5 nitrogen and oxygen atoms in total. The number of nitrogens with one attached hydrogen (secondary N) is 2. The van der Waals surface area contributed by atoms with Gasteiger partial charge in [-0.05, 0) is 13.0 Å². The van der Waals surface area contributed by atoms with Gasteiger partial charge < -0.3 is 5.32 Å². The lowest BCUT2D eigenvalue weighted by molar-refractivity contribution is 0.102. The summed E-state index contributed by atoms with van der Waals surface area (Å²) in [5.74, 6) is -1.12. The Hall–Kier alpha value is -2.02. The number of carbonyl (C=O) groups is 1. The van der Waals surface area contributed by atoms with Crippen molar-refractivity contribution < 1.29 is 9.18 Å². The quantitative estimate of drug-likeness (QED) is 0.891. The fraction of sp³-hybridized carbons (Fsp3) is 0.182. The second-order valence-electron chi connectivity index (χ2n) is 3.34. The molecular formula is C11H11FN4OS. The van der Waals surface area contributed by atoms with Gasteiger partial charge in [-0.2, -0.15) is 0 Å². The molecule has 0 aromatic carbocycles. The van der Waals surface area contributed by atoms with Crippen LogP contribution in [-0.2, 0) is 0 Å². The van der Waals surface area contributed by atoms with Crippen LogP contribution in [0, 0.1) is 5.82 Å². The van der Waals surface area contributed by atoms with E-state index in [9.17, 15) is 9.18 Å². The predicted molar refractivity (Wildman–Crippen MR) is 68.4 cm³/mol. The lowest BCUT2D eigenvalue weighted by Crippen LogP contribution is -2.15. The molecule has 94 valence electrons. The number of amides is 1. The molecule has 0 aliphatic rings. The van der Waals surface area contributed by atoms with Crippen LogP contribution in [0.25, 0.3) is 0 Å². The number of aromatic nitrogens is 2. The molecule has 0 saturated carbocycles. The van der Waals surface area contributed by atoms with Crippen molar-refractivity contribution in [3.63, 3.8) is 0 Å². The van der Waals surface area contributed by atoms with Crippen molar-refractivity contribution in [1.82, 2.24) is 9.97 Å². The Morgan fingerprint density at radius 2 is 2.28 bits per heavy atom. The van der Waals surface area contributed by atoms with E-state index in [-0.39, 0.29) is 11.4 Å². The molecule has 0 aliphatic carbocycles. The zero-order valence-electron chi connectivity index (χ0n) is 9.61. The number of hydrogen-bond donors (Lipinski definition) is 2. The summed E-state index contributed by atoms with van der Waals surface area (Å²) in [6.45, 7) is 2.35. The van der Waals surface area contributed by atoms with Crippen LogP contribution in [0.1, 0.15) is 17.3 Å². The second kappa shape index (κ2) is 5.54. The standard InChI is InChI=1S/C11H11FN4OS/c1-2-13-9-8(12)7(3-4-14-9)10(17)16-11-15-5-6-18-11/h3-6H,2H2,1H3,(H,13,14)(H,15,16,17). The predicted octanol–water partition coefficient (Wildman–Crippen LogP) is 2.36. The highest BCUT2D eigenvalue weighted by molar-refractivity contribution is 7.13. The minimum absolute atomic E-state index is 0.0591. The maximum atomic E-state index is 13.9. The topological polar surface area (TPSA) is 66.9 Å². The van der Waals surface area contributed by atoms with E-state index in [1.165, 1.54) is 23.6 Å². The highest BCUT2D eigenvalue weighted by Crippen LogP contribution is 2.17.